The first-order valence-electron chi connectivity index (χ1n) is 21.5. The summed E-state index contributed by atoms with van der Waals surface area (Å²) in [5, 5.41) is 5.88. The molecule has 0 spiro atoms. The predicted molar refractivity (Wildman–Crippen MR) is 232 cm³/mol. The summed E-state index contributed by atoms with van der Waals surface area (Å²) in [5.74, 6) is 1.79. The van der Waals surface area contributed by atoms with Crippen LogP contribution in [0, 0.1) is 16.7 Å². The lowest BCUT2D eigenvalue weighted by Crippen LogP contribution is -2.56. The number of aromatic nitrogens is 2. The van der Waals surface area contributed by atoms with Crippen LogP contribution >= 0.6 is 0 Å². The molecule has 2 amide bonds. The fourth-order valence-electron chi connectivity index (χ4n) is 8.96. The number of aromatic amines is 1. The highest BCUT2D eigenvalue weighted by atomic mass is 32.2. The van der Waals surface area contributed by atoms with E-state index in [4.69, 9.17) is 18.9 Å². The average molecular weight is 878 g/mol. The van der Waals surface area contributed by atoms with Crippen molar-refractivity contribution < 1.29 is 42.1 Å². The first kappa shape index (κ1) is 40.8. The number of carbonyl (C=O) groups is 2. The van der Waals surface area contributed by atoms with Crippen LogP contribution in [0.3, 0.4) is 0 Å². The Labute approximate surface area is 364 Å². The van der Waals surface area contributed by atoms with E-state index in [0.717, 1.165) is 79.9 Å². The van der Waals surface area contributed by atoms with E-state index < -0.39 is 15.9 Å². The molecule has 17 nitrogen and oxygen atoms in total. The summed E-state index contributed by atoms with van der Waals surface area (Å²) in [6.45, 7) is 6.28. The summed E-state index contributed by atoms with van der Waals surface area (Å²) in [5.41, 5.74) is 4.25. The number of anilines is 2. The number of pyridine rings is 1. The number of H-pyrrole nitrogens is 1. The highest BCUT2D eigenvalue weighted by Gasteiger charge is 2.40. The Morgan fingerprint density at radius 3 is 2.49 bits per heavy atom. The Morgan fingerprint density at radius 2 is 1.71 bits per heavy atom. The number of hydrogen-bond donors (Lipinski definition) is 4. The lowest BCUT2D eigenvalue weighted by Gasteiger charge is -2.42. The van der Waals surface area contributed by atoms with E-state index in [1.807, 2.05) is 17.3 Å². The van der Waals surface area contributed by atoms with Crippen molar-refractivity contribution in [2.45, 2.75) is 49.6 Å². The van der Waals surface area contributed by atoms with Crippen molar-refractivity contribution in [3.05, 3.63) is 94.7 Å². The third-order valence-corrected chi connectivity index (χ3v) is 14.0. The molecular formula is C45H49N8O9S+. The molecule has 4 N–H and O–H groups in total. The molecule has 4 aliphatic heterocycles. The standard InChI is InChI=1S/C45H48N8O9S/c54-44(50-63(57,58)36-4-6-38(39(22-36)49-56)47-23-28-8-15-59-16-9-28)37-5-3-33(21-40(37)62-35-18-30-7-10-46-43(30)48-24-35)52-13-11-51(12-14-52)26-34-17-31-19-41-42(61-27-60-41)20-32(31)25-53(34)45(55)29-1-2-29/h3-7,10,18-22,24,28-29,34,47H,1-2,8-9,11-17,23,25-27H2,(H,46,48)(H,50,54)/p+1. The van der Waals surface area contributed by atoms with Crippen molar-refractivity contribution in [2.24, 2.45) is 11.8 Å². The second-order valence-electron chi connectivity index (χ2n) is 16.9. The van der Waals surface area contributed by atoms with Gasteiger partial charge in [-0.1, -0.05) is 0 Å². The monoisotopic (exact) mass is 877 g/mol. The number of fused-ring (bicyclic) bond motifs is 3. The van der Waals surface area contributed by atoms with Gasteiger partial charge in [-0.2, -0.15) is 0 Å². The van der Waals surface area contributed by atoms with Crippen molar-refractivity contribution in [1.29, 1.82) is 0 Å². The van der Waals surface area contributed by atoms with Gasteiger partial charge in [-0.05, 0) is 97.7 Å². The number of carbonyl (C=O) groups excluding carboxylic acids is 2. The summed E-state index contributed by atoms with van der Waals surface area (Å²) in [7, 11) is -4.43. The fourth-order valence-corrected chi connectivity index (χ4v) is 9.96. The molecule has 1 saturated carbocycles. The number of nitrogens with one attached hydrogen (secondary N) is 4. The molecule has 0 radical (unpaired) electrons. The third kappa shape index (κ3) is 8.74. The molecule has 0 bridgehead atoms. The third-order valence-electron chi connectivity index (χ3n) is 12.7. The maximum Gasteiger partial charge on any atom is 0.277 e. The average Bonchev–Trinajstić information content (AvgIpc) is 3.88. The SMILES string of the molecule is O=[NH+]c1cc(S(=O)(=O)NC(=O)c2ccc(N3CCN(CC4Cc5cc6c(cc5CN4C(=O)C4CC4)OCO6)CC3)cc2Oc2cnc3[nH]ccc3c2)ccc1NCC1CCOCC1. The largest absolute Gasteiger partial charge is 0.455 e. The summed E-state index contributed by atoms with van der Waals surface area (Å²) < 4.78 is 52.6. The summed E-state index contributed by atoms with van der Waals surface area (Å²) in [6, 6.07) is 16.9. The number of ether oxygens (including phenoxy) is 4. The van der Waals surface area contributed by atoms with E-state index in [-0.39, 0.29) is 46.6 Å². The van der Waals surface area contributed by atoms with E-state index in [9.17, 15) is 22.9 Å². The Kier molecular flexibility index (Phi) is 11.1. The van der Waals surface area contributed by atoms with Crippen LogP contribution in [0.15, 0.2) is 78.0 Å². The number of nitroso groups, excluding NO2 is 1. The number of rotatable bonds is 13. The van der Waals surface area contributed by atoms with Gasteiger partial charge in [0, 0.05) is 110 Å². The highest BCUT2D eigenvalue weighted by molar-refractivity contribution is 7.90. The molecule has 2 saturated heterocycles. The molecule has 328 valence electrons. The van der Waals surface area contributed by atoms with Gasteiger partial charge in [-0.15, -0.1) is 0 Å². The molecule has 1 aliphatic carbocycles. The number of hydrogen-bond acceptors (Lipinski definition) is 13. The van der Waals surface area contributed by atoms with Crippen LogP contribution in [-0.4, -0.2) is 105 Å². The number of piperazine rings is 1. The van der Waals surface area contributed by atoms with Crippen molar-refractivity contribution >= 4 is 49.9 Å². The first-order valence-corrected chi connectivity index (χ1v) is 23.0. The molecule has 3 fully saturated rings. The summed E-state index contributed by atoms with van der Waals surface area (Å²) >= 11 is 0. The summed E-state index contributed by atoms with van der Waals surface area (Å²) in [6.07, 6.45) is 7.70. The molecule has 1 atom stereocenters. The molecule has 3 aromatic carbocycles. The van der Waals surface area contributed by atoms with E-state index in [0.29, 0.717) is 62.4 Å². The normalized spacial score (nSPS) is 19.1. The number of nitrogens with zero attached hydrogens (tertiary/aromatic N) is 4. The van der Waals surface area contributed by atoms with Crippen LogP contribution < -0.4 is 34.3 Å². The van der Waals surface area contributed by atoms with Crippen LogP contribution in [0.25, 0.3) is 11.0 Å². The first-order chi connectivity index (χ1) is 30.7. The van der Waals surface area contributed by atoms with Crippen molar-refractivity contribution in [1.82, 2.24) is 24.5 Å². The zero-order valence-corrected chi connectivity index (χ0v) is 35.5. The summed E-state index contributed by atoms with van der Waals surface area (Å²) in [4.78, 5) is 53.4. The minimum absolute atomic E-state index is 0.00680. The van der Waals surface area contributed by atoms with Gasteiger partial charge in [0.1, 0.15) is 22.8 Å². The topological polar surface area (TPSA) is 199 Å². The Balaban J connectivity index is 0.848. The minimum atomic E-state index is -4.43. The second kappa shape index (κ2) is 17.1. The lowest BCUT2D eigenvalue weighted by molar-refractivity contribution is -0.378. The van der Waals surface area contributed by atoms with Crippen molar-refractivity contribution in [3.63, 3.8) is 0 Å². The van der Waals surface area contributed by atoms with Crippen LogP contribution in [0.5, 0.6) is 23.0 Å². The molecule has 1 unspecified atom stereocenters. The van der Waals surface area contributed by atoms with Gasteiger partial charge >= 0.3 is 0 Å². The predicted octanol–water partition coefficient (Wildman–Crippen LogP) is 4.01. The van der Waals surface area contributed by atoms with Crippen molar-refractivity contribution in [3.8, 4) is 23.0 Å². The second-order valence-corrected chi connectivity index (χ2v) is 18.6. The number of amides is 2. The van der Waals surface area contributed by atoms with Crippen molar-refractivity contribution in [2.75, 3.05) is 69.5 Å². The molecule has 6 heterocycles. The molecule has 5 aromatic rings. The molecule has 10 rings (SSSR count). The van der Waals surface area contributed by atoms with E-state index in [2.05, 4.69) is 40.8 Å². The quantitative estimate of drug-likeness (QED) is 0.133. The van der Waals surface area contributed by atoms with Gasteiger partial charge in [0.05, 0.1) is 16.7 Å². The molecule has 63 heavy (non-hydrogen) atoms. The lowest BCUT2D eigenvalue weighted by atomic mass is 9.92. The maximum absolute atomic E-state index is 13.9. The zero-order chi connectivity index (χ0) is 43.1. The number of benzene rings is 3. The van der Waals surface area contributed by atoms with Crippen LogP contribution in [-0.2, 0) is 32.5 Å². The zero-order valence-electron chi connectivity index (χ0n) is 34.6. The molecular weight excluding hydrogens is 829 g/mol. The Hall–Kier alpha value is -6.24. The van der Waals surface area contributed by atoms with E-state index >= 15 is 0 Å². The van der Waals surface area contributed by atoms with Gasteiger partial charge < -0.3 is 39.0 Å². The molecule has 2 aromatic heterocycles. The van der Waals surface area contributed by atoms with Gasteiger partial charge in [0.2, 0.25) is 12.7 Å². The molecule has 18 heteroatoms. The van der Waals surface area contributed by atoms with Gasteiger partial charge in [-0.25, -0.2) is 18.1 Å². The Bertz CT molecular complexity index is 2670. The smallest absolute Gasteiger partial charge is 0.277 e. The fraction of sp³-hybridized carbons (Fsp3) is 0.400. The minimum Gasteiger partial charge on any atom is -0.455 e. The van der Waals surface area contributed by atoms with E-state index in [1.54, 1.807) is 30.5 Å². The van der Waals surface area contributed by atoms with E-state index in [1.165, 1.54) is 30.0 Å². The van der Waals surface area contributed by atoms with Gasteiger partial charge in [-0.3, -0.25) is 14.5 Å². The Morgan fingerprint density at radius 1 is 0.921 bits per heavy atom. The number of sulfonamides is 1. The van der Waals surface area contributed by atoms with Crippen LogP contribution in [0.4, 0.5) is 17.1 Å². The highest BCUT2D eigenvalue weighted by Crippen LogP contribution is 2.40. The van der Waals surface area contributed by atoms with Gasteiger partial charge in [0.25, 0.3) is 21.6 Å². The van der Waals surface area contributed by atoms with Crippen LogP contribution in [0.1, 0.15) is 47.2 Å². The van der Waals surface area contributed by atoms with Crippen LogP contribution in [0.2, 0.25) is 0 Å². The molecule has 5 aliphatic rings. The maximum atomic E-state index is 13.9. The van der Waals surface area contributed by atoms with Gasteiger partial charge in [0.15, 0.2) is 11.5 Å².